The van der Waals surface area contributed by atoms with Crippen LogP contribution in [-0.4, -0.2) is 41.6 Å². The Morgan fingerprint density at radius 3 is 3.00 bits per heavy atom. The molecule has 2 aromatic heterocycles. The van der Waals surface area contributed by atoms with Crippen molar-refractivity contribution in [2.24, 2.45) is 0 Å². The number of aryl methyl sites for hydroxylation is 1. The van der Waals surface area contributed by atoms with E-state index < -0.39 is 0 Å². The van der Waals surface area contributed by atoms with Gasteiger partial charge in [0.25, 0.3) is 0 Å². The summed E-state index contributed by atoms with van der Waals surface area (Å²) in [6, 6.07) is 5.53. The van der Waals surface area contributed by atoms with Gasteiger partial charge in [0.2, 0.25) is 0 Å². The molecule has 0 spiro atoms. The van der Waals surface area contributed by atoms with Crippen LogP contribution < -0.4 is 20.7 Å². The Morgan fingerprint density at radius 2 is 2.33 bits per heavy atom. The monoisotopic (exact) mass is 347 g/mol. The molecule has 8 heteroatoms. The molecule has 1 aliphatic heterocycles. The van der Waals surface area contributed by atoms with Gasteiger partial charge in [-0.05, 0) is 49.6 Å². The van der Waals surface area contributed by atoms with Gasteiger partial charge in [-0.15, -0.1) is 0 Å². The molecule has 24 heavy (non-hydrogen) atoms. The zero-order valence-corrected chi connectivity index (χ0v) is 14.5. The standard InChI is InChI=1S/C16H21N5O2S/c1-10-7-15(24-21-10)20-16(22)19-14-5-6-17-9-12(14)13-4-3-11(23-2)8-18-13/h3-4,7-8,12,14,17H,5-6,9H2,1-2H3,(H2,19,20,22)/t12-,14+/m0/s1. The minimum absolute atomic E-state index is 0.0289. The van der Waals surface area contributed by atoms with E-state index in [1.165, 1.54) is 11.5 Å². The quantitative estimate of drug-likeness (QED) is 0.788. The van der Waals surface area contributed by atoms with E-state index in [-0.39, 0.29) is 18.0 Å². The van der Waals surface area contributed by atoms with Crippen molar-refractivity contribution in [1.82, 2.24) is 20.0 Å². The van der Waals surface area contributed by atoms with Crippen LogP contribution in [0.5, 0.6) is 5.75 Å². The van der Waals surface area contributed by atoms with Crippen LogP contribution >= 0.6 is 11.5 Å². The Labute approximate surface area is 145 Å². The molecule has 2 atom stereocenters. The number of pyridine rings is 1. The van der Waals surface area contributed by atoms with Crippen molar-refractivity contribution in [3.8, 4) is 5.75 Å². The number of piperidine rings is 1. The second kappa shape index (κ2) is 7.59. The summed E-state index contributed by atoms with van der Waals surface area (Å²) < 4.78 is 9.32. The zero-order chi connectivity index (χ0) is 16.9. The van der Waals surface area contributed by atoms with E-state index in [4.69, 9.17) is 4.74 Å². The van der Waals surface area contributed by atoms with Gasteiger partial charge >= 0.3 is 6.03 Å². The first-order valence-corrected chi connectivity index (χ1v) is 8.64. The number of carbonyl (C=O) groups is 1. The lowest BCUT2D eigenvalue weighted by Gasteiger charge is -2.32. The SMILES string of the molecule is COc1ccc([C@@H]2CNCC[C@H]2NC(=O)Nc2cc(C)ns2)nc1. The van der Waals surface area contributed by atoms with Gasteiger partial charge in [-0.3, -0.25) is 10.3 Å². The van der Waals surface area contributed by atoms with Gasteiger partial charge in [0.15, 0.2) is 0 Å². The van der Waals surface area contributed by atoms with Gasteiger partial charge < -0.3 is 15.4 Å². The molecule has 2 aromatic rings. The van der Waals surface area contributed by atoms with Gasteiger partial charge in [-0.2, -0.15) is 4.37 Å². The van der Waals surface area contributed by atoms with Gasteiger partial charge in [0.05, 0.1) is 19.0 Å². The van der Waals surface area contributed by atoms with Gasteiger partial charge in [0.1, 0.15) is 10.8 Å². The molecule has 1 aliphatic rings. The number of ether oxygens (including phenoxy) is 1. The second-order valence-corrected chi connectivity index (χ2v) is 6.56. The number of nitrogens with zero attached hydrogens (tertiary/aromatic N) is 2. The number of hydrogen-bond acceptors (Lipinski definition) is 6. The first-order valence-electron chi connectivity index (χ1n) is 7.87. The average Bonchev–Trinajstić information content (AvgIpc) is 3.00. The molecular weight excluding hydrogens is 326 g/mol. The summed E-state index contributed by atoms with van der Waals surface area (Å²) in [5, 5.41) is 10.0. The normalized spacial score (nSPS) is 20.4. The van der Waals surface area contributed by atoms with Crippen LogP contribution in [0.4, 0.5) is 9.80 Å². The molecule has 0 aromatic carbocycles. The number of hydrogen-bond donors (Lipinski definition) is 3. The molecule has 1 saturated heterocycles. The summed E-state index contributed by atoms with van der Waals surface area (Å²) in [5.41, 5.74) is 1.85. The molecule has 0 aliphatic carbocycles. The summed E-state index contributed by atoms with van der Waals surface area (Å²) in [5.74, 6) is 0.851. The minimum atomic E-state index is -0.205. The molecule has 7 nitrogen and oxygen atoms in total. The van der Waals surface area contributed by atoms with Crippen molar-refractivity contribution in [1.29, 1.82) is 0 Å². The van der Waals surface area contributed by atoms with Crippen LogP contribution in [0.2, 0.25) is 0 Å². The van der Waals surface area contributed by atoms with E-state index in [0.717, 1.165) is 41.6 Å². The summed E-state index contributed by atoms with van der Waals surface area (Å²) in [6.45, 7) is 3.55. The highest BCUT2D eigenvalue weighted by Crippen LogP contribution is 2.24. The predicted molar refractivity (Wildman–Crippen MR) is 93.8 cm³/mol. The molecular formula is C16H21N5O2S. The lowest BCUT2D eigenvalue weighted by atomic mass is 9.90. The Morgan fingerprint density at radius 1 is 1.46 bits per heavy atom. The highest BCUT2D eigenvalue weighted by Gasteiger charge is 2.28. The molecule has 3 heterocycles. The molecule has 2 amide bonds. The maximum atomic E-state index is 12.3. The maximum Gasteiger partial charge on any atom is 0.320 e. The second-order valence-electron chi connectivity index (χ2n) is 5.76. The third kappa shape index (κ3) is 4.01. The Hall–Kier alpha value is -2.19. The van der Waals surface area contributed by atoms with Gasteiger partial charge in [-0.25, -0.2) is 4.79 Å². The molecule has 3 rings (SSSR count). The van der Waals surface area contributed by atoms with E-state index in [1.807, 2.05) is 25.1 Å². The summed E-state index contributed by atoms with van der Waals surface area (Å²) in [6.07, 6.45) is 2.56. The number of urea groups is 1. The number of carbonyl (C=O) groups excluding carboxylic acids is 1. The van der Waals surface area contributed by atoms with Crippen molar-refractivity contribution in [2.75, 3.05) is 25.5 Å². The van der Waals surface area contributed by atoms with Crippen molar-refractivity contribution < 1.29 is 9.53 Å². The largest absolute Gasteiger partial charge is 0.495 e. The smallest absolute Gasteiger partial charge is 0.320 e. The summed E-state index contributed by atoms with van der Waals surface area (Å²) >= 11 is 1.28. The highest BCUT2D eigenvalue weighted by molar-refractivity contribution is 7.10. The van der Waals surface area contributed by atoms with Gasteiger partial charge in [0, 0.05) is 24.2 Å². The molecule has 3 N–H and O–H groups in total. The van der Waals surface area contributed by atoms with E-state index in [2.05, 4.69) is 25.3 Å². The van der Waals surface area contributed by atoms with Crippen LogP contribution in [-0.2, 0) is 0 Å². The number of rotatable bonds is 4. The van der Waals surface area contributed by atoms with Crippen LogP contribution in [0.15, 0.2) is 24.4 Å². The average molecular weight is 347 g/mol. The fraction of sp³-hybridized carbons (Fsp3) is 0.438. The van der Waals surface area contributed by atoms with E-state index >= 15 is 0 Å². The van der Waals surface area contributed by atoms with Crippen molar-refractivity contribution in [3.05, 3.63) is 35.8 Å². The zero-order valence-electron chi connectivity index (χ0n) is 13.7. The van der Waals surface area contributed by atoms with Crippen molar-refractivity contribution in [2.45, 2.75) is 25.3 Å². The lowest BCUT2D eigenvalue weighted by molar-refractivity contribution is 0.241. The van der Waals surface area contributed by atoms with Crippen LogP contribution in [0.25, 0.3) is 0 Å². The highest BCUT2D eigenvalue weighted by atomic mass is 32.1. The topological polar surface area (TPSA) is 88.2 Å². The first-order chi connectivity index (χ1) is 11.7. The Balaban J connectivity index is 1.66. The van der Waals surface area contributed by atoms with E-state index in [1.54, 1.807) is 13.3 Å². The third-order valence-corrected chi connectivity index (χ3v) is 4.83. The van der Waals surface area contributed by atoms with Crippen LogP contribution in [0.1, 0.15) is 23.7 Å². The molecule has 0 unspecified atom stereocenters. The van der Waals surface area contributed by atoms with E-state index in [9.17, 15) is 4.79 Å². The molecule has 0 bridgehead atoms. The fourth-order valence-corrected chi connectivity index (χ4v) is 3.47. The fourth-order valence-electron chi connectivity index (χ4n) is 2.81. The number of amides is 2. The maximum absolute atomic E-state index is 12.3. The number of nitrogens with one attached hydrogen (secondary N) is 3. The first kappa shape index (κ1) is 16.7. The van der Waals surface area contributed by atoms with Crippen LogP contribution in [0.3, 0.4) is 0 Å². The van der Waals surface area contributed by atoms with Crippen molar-refractivity contribution in [3.63, 3.8) is 0 Å². The predicted octanol–water partition coefficient (Wildman–Crippen LogP) is 2.12. The number of methoxy groups -OCH3 is 1. The molecule has 0 saturated carbocycles. The van der Waals surface area contributed by atoms with Crippen molar-refractivity contribution >= 4 is 22.6 Å². The van der Waals surface area contributed by atoms with E-state index in [0.29, 0.717) is 0 Å². The van der Waals surface area contributed by atoms with Gasteiger partial charge in [-0.1, -0.05) is 0 Å². The number of anilines is 1. The minimum Gasteiger partial charge on any atom is -0.495 e. The molecule has 128 valence electrons. The summed E-state index contributed by atoms with van der Waals surface area (Å²) in [4.78, 5) is 16.7. The Kier molecular flexibility index (Phi) is 5.27. The van der Waals surface area contributed by atoms with Crippen LogP contribution in [0, 0.1) is 6.92 Å². The molecule has 1 fully saturated rings. The Bertz CT molecular complexity index is 688. The molecule has 0 radical (unpaired) electrons. The number of aromatic nitrogens is 2. The summed E-state index contributed by atoms with van der Waals surface area (Å²) in [7, 11) is 1.62. The third-order valence-electron chi connectivity index (χ3n) is 4.04. The lowest BCUT2D eigenvalue weighted by Crippen LogP contribution is -2.49.